The number of nitrogens with one attached hydrogen (secondary N) is 1. The van der Waals surface area contributed by atoms with Crippen molar-refractivity contribution in [1.29, 1.82) is 0 Å². The van der Waals surface area contributed by atoms with Crippen LogP contribution in [0.2, 0.25) is 0 Å². The van der Waals surface area contributed by atoms with E-state index in [4.69, 9.17) is 4.74 Å². The molecule has 26 heavy (non-hydrogen) atoms. The maximum atomic E-state index is 12.3. The van der Waals surface area contributed by atoms with E-state index in [1.807, 2.05) is 60.7 Å². The monoisotopic (exact) mass is 348 g/mol. The van der Waals surface area contributed by atoms with Crippen LogP contribution in [0.5, 0.6) is 0 Å². The molecule has 0 atom stereocenters. The smallest absolute Gasteiger partial charge is 0.250 e. The molecule has 1 aromatic heterocycles. The summed E-state index contributed by atoms with van der Waals surface area (Å²) in [6.45, 7) is -0.288. The molecule has 1 amide bonds. The molecule has 1 heterocycles. The van der Waals surface area contributed by atoms with Gasteiger partial charge in [0.2, 0.25) is 5.91 Å². The van der Waals surface area contributed by atoms with Crippen LogP contribution in [0.3, 0.4) is 0 Å². The average Bonchev–Trinajstić information content (AvgIpc) is 2.70. The van der Waals surface area contributed by atoms with E-state index in [9.17, 15) is 9.90 Å². The molecule has 132 valence electrons. The van der Waals surface area contributed by atoms with Crippen molar-refractivity contribution < 1.29 is 14.6 Å². The summed E-state index contributed by atoms with van der Waals surface area (Å²) in [4.78, 5) is 16.3. The summed E-state index contributed by atoms with van der Waals surface area (Å²) >= 11 is 0. The third-order valence-corrected chi connectivity index (χ3v) is 3.94. The van der Waals surface area contributed by atoms with E-state index < -0.39 is 0 Å². The average molecular weight is 348 g/mol. The van der Waals surface area contributed by atoms with Gasteiger partial charge in [-0.1, -0.05) is 60.7 Å². The Morgan fingerprint density at radius 3 is 2.19 bits per heavy atom. The van der Waals surface area contributed by atoms with Gasteiger partial charge in [-0.2, -0.15) is 0 Å². The Hall–Kier alpha value is -3.02. The van der Waals surface area contributed by atoms with Crippen molar-refractivity contribution in [3.63, 3.8) is 0 Å². The van der Waals surface area contributed by atoms with Crippen LogP contribution < -0.4 is 5.32 Å². The highest BCUT2D eigenvalue weighted by molar-refractivity contribution is 5.92. The highest BCUT2D eigenvalue weighted by Gasteiger charge is 2.16. The summed E-state index contributed by atoms with van der Waals surface area (Å²) in [5, 5.41) is 12.1. The molecule has 0 fully saturated rings. The van der Waals surface area contributed by atoms with Crippen molar-refractivity contribution >= 4 is 11.6 Å². The number of anilines is 1. The maximum absolute atomic E-state index is 12.3. The second kappa shape index (κ2) is 8.89. The number of carbonyl (C=O) groups is 1. The largest absolute Gasteiger partial charge is 0.392 e. The fourth-order valence-electron chi connectivity index (χ4n) is 2.66. The van der Waals surface area contributed by atoms with Crippen LogP contribution in [0.4, 0.5) is 5.69 Å². The van der Waals surface area contributed by atoms with E-state index in [0.717, 1.165) is 11.1 Å². The van der Waals surface area contributed by atoms with Gasteiger partial charge in [-0.15, -0.1) is 0 Å². The van der Waals surface area contributed by atoms with Gasteiger partial charge in [0.25, 0.3) is 0 Å². The van der Waals surface area contributed by atoms with Gasteiger partial charge < -0.3 is 15.2 Å². The Kier molecular flexibility index (Phi) is 6.09. The number of ether oxygens (including phenoxy) is 1. The third kappa shape index (κ3) is 4.53. The van der Waals surface area contributed by atoms with Gasteiger partial charge in [0, 0.05) is 11.8 Å². The molecule has 0 saturated carbocycles. The number of carbonyl (C=O) groups excluding carboxylic acids is 1. The van der Waals surface area contributed by atoms with Crippen molar-refractivity contribution in [3.8, 4) is 0 Å². The van der Waals surface area contributed by atoms with Gasteiger partial charge in [-0.3, -0.25) is 9.78 Å². The van der Waals surface area contributed by atoms with Crippen LogP contribution >= 0.6 is 0 Å². The lowest BCUT2D eigenvalue weighted by Gasteiger charge is -2.19. The van der Waals surface area contributed by atoms with Crippen molar-refractivity contribution in [2.24, 2.45) is 0 Å². The summed E-state index contributed by atoms with van der Waals surface area (Å²) < 4.78 is 5.93. The summed E-state index contributed by atoms with van der Waals surface area (Å²) in [6, 6.07) is 21.2. The summed E-state index contributed by atoms with van der Waals surface area (Å²) in [5.41, 5.74) is 3.04. The zero-order valence-electron chi connectivity index (χ0n) is 14.2. The first-order chi connectivity index (χ1) is 12.8. The fourth-order valence-corrected chi connectivity index (χ4v) is 2.66. The van der Waals surface area contributed by atoms with Crippen LogP contribution in [0.25, 0.3) is 0 Å². The second-order valence-electron chi connectivity index (χ2n) is 5.75. The number of hydrogen-bond donors (Lipinski definition) is 2. The normalized spacial score (nSPS) is 10.7. The lowest BCUT2D eigenvalue weighted by Crippen LogP contribution is -2.21. The lowest BCUT2D eigenvalue weighted by atomic mass is 10.0. The van der Waals surface area contributed by atoms with Gasteiger partial charge >= 0.3 is 0 Å². The fraction of sp³-hybridized carbons (Fsp3) is 0.143. The van der Waals surface area contributed by atoms with Crippen LogP contribution in [-0.4, -0.2) is 22.6 Å². The molecule has 2 N–H and O–H groups in total. The molecule has 0 unspecified atom stereocenters. The standard InChI is InChI=1S/C21H20N2O3/c24-14-18-11-12-22-13-19(18)23-20(25)15-26-21(16-7-3-1-4-8-16)17-9-5-2-6-10-17/h1-13,21,24H,14-15H2,(H,23,25). The highest BCUT2D eigenvalue weighted by Crippen LogP contribution is 2.25. The van der Waals surface area contributed by atoms with Crippen LogP contribution in [-0.2, 0) is 16.1 Å². The Balaban J connectivity index is 1.71. The first kappa shape index (κ1) is 17.8. The summed E-state index contributed by atoms with van der Waals surface area (Å²) in [6.07, 6.45) is 2.74. The molecule has 0 saturated heterocycles. The number of aliphatic hydroxyl groups excluding tert-OH is 1. The number of hydrogen-bond acceptors (Lipinski definition) is 4. The van der Waals surface area contributed by atoms with E-state index in [2.05, 4.69) is 10.3 Å². The van der Waals surface area contributed by atoms with E-state index in [-0.39, 0.29) is 25.2 Å². The van der Waals surface area contributed by atoms with E-state index in [1.54, 1.807) is 12.3 Å². The predicted molar refractivity (Wildman–Crippen MR) is 99.5 cm³/mol. The molecule has 0 aliphatic rings. The van der Waals surface area contributed by atoms with Gasteiger partial charge in [-0.05, 0) is 17.2 Å². The predicted octanol–water partition coefficient (Wildman–Crippen LogP) is 3.32. The minimum absolute atomic E-state index is 0.117. The lowest BCUT2D eigenvalue weighted by molar-refractivity contribution is -0.121. The second-order valence-corrected chi connectivity index (χ2v) is 5.75. The zero-order valence-corrected chi connectivity index (χ0v) is 14.2. The number of benzene rings is 2. The molecule has 0 aliphatic heterocycles. The van der Waals surface area contributed by atoms with Gasteiger partial charge in [0.15, 0.2) is 0 Å². The molecule has 0 spiro atoms. The van der Waals surface area contributed by atoms with E-state index >= 15 is 0 Å². The zero-order chi connectivity index (χ0) is 18.2. The first-order valence-electron chi connectivity index (χ1n) is 8.33. The van der Waals surface area contributed by atoms with Gasteiger partial charge in [-0.25, -0.2) is 0 Å². The van der Waals surface area contributed by atoms with Crippen LogP contribution in [0.1, 0.15) is 22.8 Å². The number of rotatable bonds is 7. The quantitative estimate of drug-likeness (QED) is 0.687. The minimum atomic E-state index is -0.339. The van der Waals surface area contributed by atoms with Crippen molar-refractivity contribution in [1.82, 2.24) is 4.98 Å². The van der Waals surface area contributed by atoms with Crippen molar-refractivity contribution in [3.05, 3.63) is 95.8 Å². The SMILES string of the molecule is O=C(COC(c1ccccc1)c1ccccc1)Nc1cnccc1CO. The topological polar surface area (TPSA) is 71.5 Å². The number of pyridine rings is 1. The molecule has 2 aromatic carbocycles. The minimum Gasteiger partial charge on any atom is -0.392 e. The van der Waals surface area contributed by atoms with Crippen LogP contribution in [0.15, 0.2) is 79.1 Å². The Labute approximate surface area is 152 Å². The maximum Gasteiger partial charge on any atom is 0.250 e. The molecule has 0 radical (unpaired) electrons. The number of aliphatic hydroxyl groups is 1. The van der Waals surface area contributed by atoms with E-state index in [0.29, 0.717) is 11.3 Å². The highest BCUT2D eigenvalue weighted by atomic mass is 16.5. The Morgan fingerprint density at radius 1 is 1.00 bits per heavy atom. The third-order valence-electron chi connectivity index (χ3n) is 3.94. The molecule has 0 aliphatic carbocycles. The van der Waals surface area contributed by atoms with E-state index in [1.165, 1.54) is 6.20 Å². The molecule has 3 rings (SSSR count). The summed E-state index contributed by atoms with van der Waals surface area (Å²) in [7, 11) is 0. The van der Waals surface area contributed by atoms with Crippen molar-refractivity contribution in [2.75, 3.05) is 11.9 Å². The molecule has 5 heteroatoms. The Morgan fingerprint density at radius 2 is 1.62 bits per heavy atom. The number of amides is 1. The van der Waals surface area contributed by atoms with Crippen molar-refractivity contribution in [2.45, 2.75) is 12.7 Å². The molecule has 0 bridgehead atoms. The molecular formula is C21H20N2O3. The number of aromatic nitrogens is 1. The Bertz CT molecular complexity index is 799. The van der Waals surface area contributed by atoms with Gasteiger partial charge in [0.05, 0.1) is 18.5 Å². The molecular weight excluding hydrogens is 328 g/mol. The van der Waals surface area contributed by atoms with Crippen LogP contribution in [0, 0.1) is 0 Å². The molecule has 5 nitrogen and oxygen atoms in total. The van der Waals surface area contributed by atoms with Gasteiger partial charge in [0.1, 0.15) is 12.7 Å². The molecule has 3 aromatic rings. The first-order valence-corrected chi connectivity index (χ1v) is 8.33. The number of nitrogens with zero attached hydrogens (tertiary/aromatic N) is 1. The summed E-state index contributed by atoms with van der Waals surface area (Å²) in [5.74, 6) is -0.301.